The lowest BCUT2D eigenvalue weighted by atomic mass is 10.0. The Bertz CT molecular complexity index is 438. The zero-order chi connectivity index (χ0) is 9.76. The van der Waals surface area contributed by atoms with Crippen molar-refractivity contribution in [2.45, 2.75) is 12.0 Å². The molecule has 0 bridgehead atoms. The molecule has 1 fully saturated rings. The van der Waals surface area contributed by atoms with Crippen molar-refractivity contribution in [3.05, 3.63) is 48.0 Å². The Morgan fingerprint density at radius 2 is 2.29 bits per heavy atom. The van der Waals surface area contributed by atoms with Crippen molar-refractivity contribution in [2.75, 3.05) is 0 Å². The third kappa shape index (κ3) is 0.739. The predicted octanol–water partition coefficient (Wildman–Crippen LogP) is 1.83. The second kappa shape index (κ2) is 2.27. The number of hydrogen-bond acceptors (Lipinski definition) is 1. The van der Waals surface area contributed by atoms with Crippen LogP contribution in [0.4, 0.5) is 0 Å². The molecule has 3 rings (SSSR count). The molecule has 1 aromatic carbocycles. The summed E-state index contributed by atoms with van der Waals surface area (Å²) in [5.74, 6) is 0.472. The molecule has 1 aliphatic heterocycles. The molecular formula is C12H11NO. The quantitative estimate of drug-likeness (QED) is 0.664. The largest absolute Gasteiger partial charge is 0.342 e. The van der Waals surface area contributed by atoms with Crippen LogP contribution in [0.2, 0.25) is 0 Å². The lowest BCUT2D eigenvalue weighted by Crippen LogP contribution is -2.27. The maximum atomic E-state index is 11.6. The van der Waals surface area contributed by atoms with E-state index in [1.807, 2.05) is 30.3 Å². The van der Waals surface area contributed by atoms with Crippen molar-refractivity contribution < 1.29 is 4.79 Å². The molecule has 1 heterocycles. The van der Waals surface area contributed by atoms with Crippen molar-refractivity contribution >= 4 is 5.91 Å². The summed E-state index contributed by atoms with van der Waals surface area (Å²) in [5.41, 5.74) is 1.88. The fourth-order valence-corrected chi connectivity index (χ4v) is 2.43. The minimum atomic E-state index is -0.102. The summed E-state index contributed by atoms with van der Waals surface area (Å²) in [4.78, 5) is 11.6. The third-order valence-electron chi connectivity index (χ3n) is 3.29. The van der Waals surface area contributed by atoms with Gasteiger partial charge in [0, 0.05) is 11.5 Å². The van der Waals surface area contributed by atoms with Crippen LogP contribution in [-0.2, 0) is 5.54 Å². The Hall–Kier alpha value is -1.57. The van der Waals surface area contributed by atoms with Crippen LogP contribution < -0.4 is 5.32 Å². The lowest BCUT2D eigenvalue weighted by Gasteiger charge is -2.09. The number of carbonyl (C=O) groups excluding carboxylic acids is 1. The van der Waals surface area contributed by atoms with Crippen LogP contribution >= 0.6 is 0 Å². The van der Waals surface area contributed by atoms with Crippen LogP contribution in [0.1, 0.15) is 22.3 Å². The number of amides is 1. The van der Waals surface area contributed by atoms with E-state index in [1.165, 1.54) is 0 Å². The average molecular weight is 185 g/mol. The van der Waals surface area contributed by atoms with E-state index in [-0.39, 0.29) is 11.4 Å². The molecule has 1 aliphatic carbocycles. The molecule has 70 valence electrons. The monoisotopic (exact) mass is 185 g/mol. The van der Waals surface area contributed by atoms with Crippen LogP contribution in [-0.4, -0.2) is 5.91 Å². The van der Waals surface area contributed by atoms with Gasteiger partial charge in [0.05, 0.1) is 5.54 Å². The highest BCUT2D eigenvalue weighted by Crippen LogP contribution is 2.56. The van der Waals surface area contributed by atoms with Crippen molar-refractivity contribution in [1.29, 1.82) is 0 Å². The molecule has 1 spiro atoms. The number of carbonyl (C=O) groups is 1. The van der Waals surface area contributed by atoms with Crippen molar-refractivity contribution in [2.24, 2.45) is 5.92 Å². The van der Waals surface area contributed by atoms with Crippen LogP contribution in [0.15, 0.2) is 36.9 Å². The van der Waals surface area contributed by atoms with E-state index in [1.54, 1.807) is 0 Å². The van der Waals surface area contributed by atoms with Gasteiger partial charge in [0.1, 0.15) is 0 Å². The SMILES string of the molecule is C=C[C@@H]1C[C@]12NC(=O)c1ccccc12. The van der Waals surface area contributed by atoms with Gasteiger partial charge in [-0.15, -0.1) is 6.58 Å². The molecule has 2 heteroatoms. The minimum absolute atomic E-state index is 0.0601. The van der Waals surface area contributed by atoms with Crippen LogP contribution in [0.5, 0.6) is 0 Å². The Morgan fingerprint density at radius 3 is 3.00 bits per heavy atom. The van der Waals surface area contributed by atoms with Gasteiger partial charge in [0.15, 0.2) is 0 Å². The Labute approximate surface area is 82.6 Å². The number of fused-ring (bicyclic) bond motifs is 2. The second-order valence-corrected chi connectivity index (χ2v) is 4.02. The molecule has 1 aromatic rings. The smallest absolute Gasteiger partial charge is 0.252 e. The van der Waals surface area contributed by atoms with Crippen LogP contribution in [0, 0.1) is 5.92 Å². The van der Waals surface area contributed by atoms with E-state index >= 15 is 0 Å². The van der Waals surface area contributed by atoms with E-state index in [2.05, 4.69) is 11.9 Å². The summed E-state index contributed by atoms with van der Waals surface area (Å²) < 4.78 is 0. The van der Waals surface area contributed by atoms with Gasteiger partial charge in [-0.05, 0) is 18.1 Å². The first-order valence-electron chi connectivity index (χ1n) is 4.82. The fourth-order valence-electron chi connectivity index (χ4n) is 2.43. The number of nitrogens with one attached hydrogen (secondary N) is 1. The Morgan fingerprint density at radius 1 is 1.50 bits per heavy atom. The van der Waals surface area contributed by atoms with Gasteiger partial charge in [-0.2, -0.15) is 0 Å². The molecule has 1 N–H and O–H groups in total. The summed E-state index contributed by atoms with van der Waals surface area (Å²) in [6.45, 7) is 3.79. The van der Waals surface area contributed by atoms with Crippen molar-refractivity contribution in [3.63, 3.8) is 0 Å². The standard InChI is InChI=1S/C12H11NO/c1-2-8-7-12(8)10-6-4-3-5-9(10)11(14)13-12/h2-6,8H,1,7H2,(H,13,14)/t8-,12+/m1/s1. The molecule has 2 atom stereocenters. The maximum absolute atomic E-state index is 11.6. The molecule has 1 amide bonds. The zero-order valence-corrected chi connectivity index (χ0v) is 7.79. The normalized spacial score (nSPS) is 32.6. The summed E-state index contributed by atoms with van der Waals surface area (Å²) in [7, 11) is 0. The molecule has 0 unspecified atom stereocenters. The first-order chi connectivity index (χ1) is 6.78. The molecule has 14 heavy (non-hydrogen) atoms. The second-order valence-electron chi connectivity index (χ2n) is 4.02. The van der Waals surface area contributed by atoms with E-state index in [0.717, 1.165) is 17.5 Å². The topological polar surface area (TPSA) is 29.1 Å². The lowest BCUT2D eigenvalue weighted by molar-refractivity contribution is 0.0951. The average Bonchev–Trinajstić information content (AvgIpc) is 2.84. The highest BCUT2D eigenvalue weighted by atomic mass is 16.2. The third-order valence-corrected chi connectivity index (χ3v) is 3.29. The van der Waals surface area contributed by atoms with Crippen LogP contribution in [0.25, 0.3) is 0 Å². The molecular weight excluding hydrogens is 174 g/mol. The van der Waals surface area contributed by atoms with Gasteiger partial charge in [0.25, 0.3) is 5.91 Å². The Balaban J connectivity index is 2.16. The molecule has 0 saturated heterocycles. The first-order valence-corrected chi connectivity index (χ1v) is 4.82. The summed E-state index contributed by atoms with van der Waals surface area (Å²) >= 11 is 0. The molecule has 1 saturated carbocycles. The minimum Gasteiger partial charge on any atom is -0.342 e. The van der Waals surface area contributed by atoms with E-state index in [9.17, 15) is 4.79 Å². The maximum Gasteiger partial charge on any atom is 0.252 e. The number of hydrogen-bond donors (Lipinski definition) is 1. The van der Waals surface area contributed by atoms with E-state index in [4.69, 9.17) is 0 Å². The first kappa shape index (κ1) is 7.80. The van der Waals surface area contributed by atoms with Gasteiger partial charge in [0.2, 0.25) is 0 Å². The van der Waals surface area contributed by atoms with E-state index in [0.29, 0.717) is 5.92 Å². The summed E-state index contributed by atoms with van der Waals surface area (Å²) in [6, 6.07) is 7.82. The molecule has 0 aromatic heterocycles. The van der Waals surface area contributed by atoms with Gasteiger partial charge in [-0.1, -0.05) is 24.3 Å². The van der Waals surface area contributed by atoms with E-state index < -0.39 is 0 Å². The highest BCUT2D eigenvalue weighted by Gasteiger charge is 2.59. The Kier molecular flexibility index (Phi) is 1.26. The van der Waals surface area contributed by atoms with Gasteiger partial charge in [-0.3, -0.25) is 4.79 Å². The fraction of sp³-hybridized carbons (Fsp3) is 0.250. The molecule has 2 nitrogen and oxygen atoms in total. The number of benzene rings is 1. The van der Waals surface area contributed by atoms with Gasteiger partial charge < -0.3 is 5.32 Å². The highest BCUT2D eigenvalue weighted by molar-refractivity contribution is 6.00. The van der Waals surface area contributed by atoms with Gasteiger partial charge >= 0.3 is 0 Å². The molecule has 2 aliphatic rings. The van der Waals surface area contributed by atoms with Crippen molar-refractivity contribution in [3.8, 4) is 0 Å². The van der Waals surface area contributed by atoms with Crippen LogP contribution in [0.3, 0.4) is 0 Å². The van der Waals surface area contributed by atoms with Crippen molar-refractivity contribution in [1.82, 2.24) is 5.32 Å². The zero-order valence-electron chi connectivity index (χ0n) is 7.79. The van der Waals surface area contributed by atoms with Gasteiger partial charge in [-0.25, -0.2) is 0 Å². The number of rotatable bonds is 1. The summed E-state index contributed by atoms with van der Waals surface area (Å²) in [6.07, 6.45) is 2.93. The molecule has 0 radical (unpaired) electrons. The summed E-state index contributed by atoms with van der Waals surface area (Å²) in [5, 5.41) is 3.06. The predicted molar refractivity (Wildman–Crippen MR) is 53.9 cm³/mol.